The van der Waals surface area contributed by atoms with Crippen LogP contribution in [0.25, 0.3) is 16.9 Å². The average Bonchev–Trinajstić information content (AvgIpc) is 2.85. The van der Waals surface area contributed by atoms with Crippen LogP contribution in [0, 0.1) is 19.8 Å². The van der Waals surface area contributed by atoms with Crippen LogP contribution >= 0.6 is 0 Å². The quantitative estimate of drug-likeness (QED) is 0.746. The molecule has 1 N–H and O–H groups in total. The Hall–Kier alpha value is -2.55. The monoisotopic (exact) mass is 320 g/mol. The average molecular weight is 320 g/mol. The van der Waals surface area contributed by atoms with Gasteiger partial charge in [-0.15, -0.1) is 0 Å². The summed E-state index contributed by atoms with van der Waals surface area (Å²) in [4.78, 5) is 13.0. The van der Waals surface area contributed by atoms with Gasteiger partial charge in [-0.3, -0.25) is 9.89 Å². The van der Waals surface area contributed by atoms with Crippen molar-refractivity contribution in [2.75, 3.05) is 0 Å². The number of nitrogens with one attached hydrogen (secondary N) is 1. The van der Waals surface area contributed by atoms with E-state index in [2.05, 4.69) is 38.0 Å². The molecular formula is C21H24N2O. The van der Waals surface area contributed by atoms with Crippen molar-refractivity contribution < 1.29 is 0 Å². The maximum absolute atomic E-state index is 13.0. The number of rotatable bonds is 4. The molecule has 0 unspecified atom stereocenters. The van der Waals surface area contributed by atoms with E-state index in [1.807, 2.05) is 43.3 Å². The summed E-state index contributed by atoms with van der Waals surface area (Å²) in [5, 5.41) is 3.35. The molecule has 3 aromatic rings. The Bertz CT molecular complexity index is 898. The van der Waals surface area contributed by atoms with Gasteiger partial charge in [0.1, 0.15) is 0 Å². The van der Waals surface area contributed by atoms with Crippen LogP contribution in [0.2, 0.25) is 0 Å². The third-order valence-corrected chi connectivity index (χ3v) is 4.31. The summed E-state index contributed by atoms with van der Waals surface area (Å²) in [6.45, 7) is 8.41. The van der Waals surface area contributed by atoms with Crippen molar-refractivity contribution in [2.24, 2.45) is 5.92 Å². The molecule has 0 spiro atoms. The largest absolute Gasteiger partial charge is 0.290 e. The van der Waals surface area contributed by atoms with Gasteiger partial charge in [-0.25, -0.2) is 4.68 Å². The lowest BCUT2D eigenvalue weighted by Gasteiger charge is -2.07. The number of aromatic amines is 1. The van der Waals surface area contributed by atoms with Gasteiger partial charge >= 0.3 is 0 Å². The van der Waals surface area contributed by atoms with Crippen LogP contribution in [0.5, 0.6) is 0 Å². The van der Waals surface area contributed by atoms with Crippen LogP contribution < -0.4 is 5.56 Å². The van der Waals surface area contributed by atoms with Gasteiger partial charge in [0.2, 0.25) is 0 Å². The predicted octanol–water partition coefficient (Wildman–Crippen LogP) is 4.65. The van der Waals surface area contributed by atoms with Crippen LogP contribution in [0.1, 0.15) is 30.5 Å². The molecule has 1 aromatic heterocycles. The van der Waals surface area contributed by atoms with E-state index in [9.17, 15) is 4.79 Å². The van der Waals surface area contributed by atoms with Crippen molar-refractivity contribution in [3.8, 4) is 16.9 Å². The third-order valence-electron chi connectivity index (χ3n) is 4.31. The van der Waals surface area contributed by atoms with E-state index >= 15 is 0 Å². The van der Waals surface area contributed by atoms with Crippen molar-refractivity contribution in [2.45, 2.75) is 34.1 Å². The Balaban J connectivity index is 2.21. The minimum absolute atomic E-state index is 0.0470. The van der Waals surface area contributed by atoms with Gasteiger partial charge in [0, 0.05) is 11.1 Å². The summed E-state index contributed by atoms with van der Waals surface area (Å²) in [6.07, 6.45) is 0.762. The SMILES string of the molecule is Cc1ccc(-n2[nH]c(-c3ccccc3C)c(CC(C)C)c2=O)cc1. The Labute approximate surface area is 143 Å². The molecule has 3 rings (SSSR count). The first-order chi connectivity index (χ1) is 11.5. The molecule has 3 heteroatoms. The summed E-state index contributed by atoms with van der Waals surface area (Å²) in [5.74, 6) is 0.419. The molecule has 0 fully saturated rings. The maximum Gasteiger partial charge on any atom is 0.275 e. The van der Waals surface area contributed by atoms with E-state index in [1.54, 1.807) is 4.68 Å². The molecule has 0 saturated heterocycles. The van der Waals surface area contributed by atoms with Crippen molar-refractivity contribution >= 4 is 0 Å². The van der Waals surface area contributed by atoms with Crippen molar-refractivity contribution in [1.29, 1.82) is 0 Å². The number of hydrogen-bond acceptors (Lipinski definition) is 1. The van der Waals surface area contributed by atoms with Crippen molar-refractivity contribution in [3.05, 3.63) is 75.6 Å². The number of nitrogens with zero attached hydrogens (tertiary/aromatic N) is 1. The van der Waals surface area contributed by atoms with E-state index in [0.29, 0.717) is 5.92 Å². The lowest BCUT2D eigenvalue weighted by atomic mass is 9.97. The standard InChI is InChI=1S/C21H24N2O/c1-14(2)13-19-20(18-8-6-5-7-16(18)4)22-23(21(19)24)17-11-9-15(3)10-12-17/h5-12,14,22H,13H2,1-4H3. The van der Waals surface area contributed by atoms with E-state index in [-0.39, 0.29) is 5.56 Å². The Morgan fingerprint density at radius 1 is 1.00 bits per heavy atom. The van der Waals surface area contributed by atoms with Crippen LogP contribution in [0.4, 0.5) is 0 Å². The van der Waals surface area contributed by atoms with Crippen molar-refractivity contribution in [3.63, 3.8) is 0 Å². The van der Waals surface area contributed by atoms with Crippen LogP contribution in [0.3, 0.4) is 0 Å². The van der Waals surface area contributed by atoms with E-state index < -0.39 is 0 Å². The van der Waals surface area contributed by atoms with E-state index in [4.69, 9.17) is 0 Å². The molecule has 2 aromatic carbocycles. The number of benzene rings is 2. The van der Waals surface area contributed by atoms with Gasteiger partial charge in [-0.05, 0) is 43.9 Å². The molecule has 0 aliphatic rings. The highest BCUT2D eigenvalue weighted by atomic mass is 16.1. The highest BCUT2D eigenvalue weighted by Crippen LogP contribution is 2.25. The number of aromatic nitrogens is 2. The smallest absolute Gasteiger partial charge is 0.275 e. The van der Waals surface area contributed by atoms with Crippen LogP contribution in [-0.4, -0.2) is 9.78 Å². The zero-order valence-electron chi connectivity index (χ0n) is 14.8. The van der Waals surface area contributed by atoms with Crippen LogP contribution in [-0.2, 0) is 6.42 Å². The molecular weight excluding hydrogens is 296 g/mol. The molecule has 124 valence electrons. The summed E-state index contributed by atoms with van der Waals surface area (Å²) in [5.41, 5.74) is 6.16. The highest BCUT2D eigenvalue weighted by molar-refractivity contribution is 5.67. The first-order valence-electron chi connectivity index (χ1n) is 8.44. The predicted molar refractivity (Wildman–Crippen MR) is 99.8 cm³/mol. The molecule has 0 saturated carbocycles. The molecule has 0 aliphatic carbocycles. The minimum Gasteiger partial charge on any atom is -0.290 e. The van der Waals surface area contributed by atoms with Crippen LogP contribution in [0.15, 0.2) is 53.3 Å². The Morgan fingerprint density at radius 2 is 1.67 bits per heavy atom. The normalized spacial score (nSPS) is 11.2. The van der Waals surface area contributed by atoms with Gasteiger partial charge in [-0.1, -0.05) is 55.8 Å². The fourth-order valence-electron chi connectivity index (χ4n) is 3.02. The summed E-state index contributed by atoms with van der Waals surface area (Å²) < 4.78 is 1.67. The van der Waals surface area contributed by atoms with Gasteiger partial charge < -0.3 is 0 Å². The van der Waals surface area contributed by atoms with Gasteiger partial charge in [0.25, 0.3) is 5.56 Å². The Morgan fingerprint density at radius 3 is 2.29 bits per heavy atom. The second kappa shape index (κ2) is 6.52. The molecule has 3 nitrogen and oxygen atoms in total. The van der Waals surface area contributed by atoms with E-state index in [0.717, 1.165) is 28.9 Å². The summed E-state index contributed by atoms with van der Waals surface area (Å²) in [7, 11) is 0. The molecule has 1 heterocycles. The lowest BCUT2D eigenvalue weighted by Crippen LogP contribution is -2.18. The van der Waals surface area contributed by atoms with Crippen molar-refractivity contribution in [1.82, 2.24) is 9.78 Å². The molecule has 0 bridgehead atoms. The summed E-state index contributed by atoms with van der Waals surface area (Å²) in [6, 6.07) is 16.2. The second-order valence-electron chi connectivity index (χ2n) is 6.85. The minimum atomic E-state index is 0.0470. The summed E-state index contributed by atoms with van der Waals surface area (Å²) >= 11 is 0. The van der Waals surface area contributed by atoms with Gasteiger partial charge in [0.15, 0.2) is 0 Å². The first-order valence-corrected chi connectivity index (χ1v) is 8.44. The zero-order valence-corrected chi connectivity index (χ0v) is 14.8. The molecule has 0 atom stereocenters. The fourth-order valence-corrected chi connectivity index (χ4v) is 3.02. The number of hydrogen-bond donors (Lipinski definition) is 1. The number of aryl methyl sites for hydroxylation is 2. The Kier molecular flexibility index (Phi) is 4.43. The fraction of sp³-hybridized carbons (Fsp3) is 0.286. The lowest BCUT2D eigenvalue weighted by molar-refractivity contribution is 0.644. The zero-order chi connectivity index (χ0) is 17.3. The molecule has 24 heavy (non-hydrogen) atoms. The molecule has 0 amide bonds. The first kappa shape index (κ1) is 16.3. The number of H-pyrrole nitrogens is 1. The third kappa shape index (κ3) is 3.07. The second-order valence-corrected chi connectivity index (χ2v) is 6.85. The highest BCUT2D eigenvalue weighted by Gasteiger charge is 2.18. The topological polar surface area (TPSA) is 37.8 Å². The molecule has 0 aliphatic heterocycles. The van der Waals surface area contributed by atoms with Gasteiger partial charge in [-0.2, -0.15) is 0 Å². The van der Waals surface area contributed by atoms with Gasteiger partial charge in [0.05, 0.1) is 11.4 Å². The molecule has 0 radical (unpaired) electrons. The maximum atomic E-state index is 13.0. The van der Waals surface area contributed by atoms with E-state index in [1.165, 1.54) is 11.1 Å².